The lowest BCUT2D eigenvalue weighted by Crippen LogP contribution is -2.46. The SMILES string of the molecule is CCNC(N)NC#N. The maximum Gasteiger partial charge on any atom is 0.178 e. The molecular weight excluding hydrogens is 104 g/mol. The van der Waals surface area contributed by atoms with Crippen molar-refractivity contribution in [3.8, 4) is 6.19 Å². The second-order valence-corrected chi connectivity index (χ2v) is 1.29. The Morgan fingerprint density at radius 3 is 2.88 bits per heavy atom. The van der Waals surface area contributed by atoms with Gasteiger partial charge in [-0.15, -0.1) is 0 Å². The molecule has 0 aromatic rings. The van der Waals surface area contributed by atoms with Gasteiger partial charge in [-0.2, -0.15) is 5.26 Å². The lowest BCUT2D eigenvalue weighted by Gasteiger charge is -2.07. The number of nitrogens with zero attached hydrogens (tertiary/aromatic N) is 1. The monoisotopic (exact) mass is 114 g/mol. The fraction of sp³-hybridized carbons (Fsp3) is 0.750. The molecule has 0 fully saturated rings. The standard InChI is InChI=1S/C4H10N4/c1-2-7-4(6)8-3-5/h4,7-8H,2,6H2,1H3. The molecule has 1 unspecified atom stereocenters. The molecule has 4 N–H and O–H groups in total. The van der Waals surface area contributed by atoms with Crippen LogP contribution in [-0.4, -0.2) is 12.8 Å². The molecule has 1 atom stereocenters. The van der Waals surface area contributed by atoms with E-state index in [-0.39, 0.29) is 0 Å². The van der Waals surface area contributed by atoms with Crippen LogP contribution in [0.5, 0.6) is 0 Å². The number of rotatable bonds is 3. The fourth-order valence-electron chi connectivity index (χ4n) is 0.340. The van der Waals surface area contributed by atoms with Crippen molar-refractivity contribution in [2.24, 2.45) is 5.73 Å². The summed E-state index contributed by atoms with van der Waals surface area (Å²) in [6.45, 7) is 2.68. The third-order valence-corrected chi connectivity index (χ3v) is 0.644. The van der Waals surface area contributed by atoms with E-state index in [9.17, 15) is 0 Å². The third kappa shape index (κ3) is 3.40. The van der Waals surface area contributed by atoms with Crippen LogP contribution in [0.15, 0.2) is 0 Å². The van der Waals surface area contributed by atoms with Crippen LogP contribution in [0.3, 0.4) is 0 Å². The zero-order chi connectivity index (χ0) is 6.41. The van der Waals surface area contributed by atoms with Crippen molar-refractivity contribution in [2.45, 2.75) is 13.2 Å². The summed E-state index contributed by atoms with van der Waals surface area (Å²) in [6, 6.07) is 0. The molecular formula is C4H10N4. The van der Waals surface area contributed by atoms with Gasteiger partial charge in [-0.3, -0.25) is 16.4 Å². The molecule has 46 valence electrons. The molecule has 4 nitrogen and oxygen atoms in total. The highest BCUT2D eigenvalue weighted by Gasteiger charge is 1.91. The van der Waals surface area contributed by atoms with Crippen LogP contribution in [0.4, 0.5) is 0 Å². The second kappa shape index (κ2) is 4.37. The molecule has 0 spiro atoms. The molecule has 0 aliphatic rings. The molecule has 4 heteroatoms. The van der Waals surface area contributed by atoms with Crippen molar-refractivity contribution in [1.29, 1.82) is 5.26 Å². The van der Waals surface area contributed by atoms with Crippen LogP contribution in [0.2, 0.25) is 0 Å². The van der Waals surface area contributed by atoms with E-state index in [1.54, 1.807) is 6.19 Å². The predicted octanol–water partition coefficient (Wildman–Crippen LogP) is -1.09. The summed E-state index contributed by atoms with van der Waals surface area (Å²) < 4.78 is 0. The lowest BCUT2D eigenvalue weighted by atomic mass is 10.7. The maximum absolute atomic E-state index is 7.98. The van der Waals surface area contributed by atoms with Crippen molar-refractivity contribution in [1.82, 2.24) is 10.6 Å². The van der Waals surface area contributed by atoms with Crippen molar-refractivity contribution >= 4 is 0 Å². The number of nitriles is 1. The normalized spacial score (nSPS) is 12.1. The van der Waals surface area contributed by atoms with Crippen molar-refractivity contribution < 1.29 is 0 Å². The van der Waals surface area contributed by atoms with E-state index in [4.69, 9.17) is 11.0 Å². The quantitative estimate of drug-likeness (QED) is 0.247. The molecule has 0 radical (unpaired) electrons. The summed E-state index contributed by atoms with van der Waals surface area (Å²) in [6.07, 6.45) is 1.32. The van der Waals surface area contributed by atoms with Gasteiger partial charge < -0.3 is 0 Å². The minimum atomic E-state index is -0.398. The van der Waals surface area contributed by atoms with Crippen LogP contribution in [0.25, 0.3) is 0 Å². The van der Waals surface area contributed by atoms with Crippen LogP contribution in [-0.2, 0) is 0 Å². The molecule has 0 aromatic heterocycles. The molecule has 8 heavy (non-hydrogen) atoms. The lowest BCUT2D eigenvalue weighted by molar-refractivity contribution is 0.507. The molecule has 0 heterocycles. The highest BCUT2D eigenvalue weighted by Crippen LogP contribution is 1.57. The number of nitrogens with two attached hydrogens (primary N) is 1. The highest BCUT2D eigenvalue weighted by atomic mass is 15.2. The van der Waals surface area contributed by atoms with E-state index in [2.05, 4.69) is 10.6 Å². The minimum absolute atomic E-state index is 0.398. The van der Waals surface area contributed by atoms with E-state index >= 15 is 0 Å². The minimum Gasteiger partial charge on any atom is -0.298 e. The van der Waals surface area contributed by atoms with Gasteiger partial charge in [-0.25, -0.2) is 0 Å². The number of nitrogens with one attached hydrogen (secondary N) is 2. The van der Waals surface area contributed by atoms with Gasteiger partial charge in [-0.05, 0) is 6.54 Å². The zero-order valence-corrected chi connectivity index (χ0v) is 4.81. The summed E-state index contributed by atoms with van der Waals surface area (Å²) >= 11 is 0. The summed E-state index contributed by atoms with van der Waals surface area (Å²) in [5.41, 5.74) is 5.25. The van der Waals surface area contributed by atoms with Gasteiger partial charge in [0.05, 0.1) is 0 Å². The van der Waals surface area contributed by atoms with E-state index in [0.29, 0.717) is 0 Å². The largest absolute Gasteiger partial charge is 0.298 e. The smallest absolute Gasteiger partial charge is 0.178 e. The Bertz CT molecular complexity index is 84.5. The summed E-state index contributed by atoms with van der Waals surface area (Å²) in [7, 11) is 0. The zero-order valence-electron chi connectivity index (χ0n) is 4.81. The number of hydrogen-bond donors (Lipinski definition) is 3. The number of hydrogen-bond acceptors (Lipinski definition) is 4. The first kappa shape index (κ1) is 7.21. The van der Waals surface area contributed by atoms with Crippen molar-refractivity contribution in [3.05, 3.63) is 0 Å². The molecule has 0 rings (SSSR count). The fourth-order valence-corrected chi connectivity index (χ4v) is 0.340. The second-order valence-electron chi connectivity index (χ2n) is 1.29. The van der Waals surface area contributed by atoms with Gasteiger partial charge in [0, 0.05) is 0 Å². The Balaban J connectivity index is 3.08. The van der Waals surface area contributed by atoms with Gasteiger partial charge in [0.1, 0.15) is 6.29 Å². The first-order chi connectivity index (χ1) is 3.81. The average Bonchev–Trinajstić information content (AvgIpc) is 1.68. The van der Waals surface area contributed by atoms with Crippen LogP contribution >= 0.6 is 0 Å². The third-order valence-electron chi connectivity index (χ3n) is 0.644. The van der Waals surface area contributed by atoms with Crippen molar-refractivity contribution in [3.63, 3.8) is 0 Å². The summed E-state index contributed by atoms with van der Waals surface area (Å²) in [4.78, 5) is 0. The van der Waals surface area contributed by atoms with Crippen LogP contribution in [0.1, 0.15) is 6.92 Å². The Labute approximate surface area is 48.7 Å². The average molecular weight is 114 g/mol. The first-order valence-corrected chi connectivity index (χ1v) is 2.44. The van der Waals surface area contributed by atoms with Gasteiger partial charge in [0.25, 0.3) is 0 Å². The highest BCUT2D eigenvalue weighted by molar-refractivity contribution is 4.68. The van der Waals surface area contributed by atoms with E-state index < -0.39 is 6.29 Å². The molecule has 0 amide bonds. The van der Waals surface area contributed by atoms with E-state index in [1.807, 2.05) is 6.92 Å². The molecule has 0 aromatic carbocycles. The van der Waals surface area contributed by atoms with E-state index in [0.717, 1.165) is 6.54 Å². The molecule has 0 aliphatic carbocycles. The first-order valence-electron chi connectivity index (χ1n) is 2.44. The van der Waals surface area contributed by atoms with Gasteiger partial charge in [-0.1, -0.05) is 6.92 Å². The molecule has 0 bridgehead atoms. The summed E-state index contributed by atoms with van der Waals surface area (Å²) in [5, 5.41) is 13.1. The van der Waals surface area contributed by atoms with Crippen LogP contribution in [0, 0.1) is 11.5 Å². The van der Waals surface area contributed by atoms with Crippen LogP contribution < -0.4 is 16.4 Å². The predicted molar refractivity (Wildman–Crippen MR) is 30.4 cm³/mol. The maximum atomic E-state index is 7.98. The Morgan fingerprint density at radius 2 is 2.50 bits per heavy atom. The topological polar surface area (TPSA) is 73.9 Å². The van der Waals surface area contributed by atoms with E-state index in [1.165, 1.54) is 0 Å². The Hall–Kier alpha value is -0.790. The molecule has 0 aliphatic heterocycles. The molecule has 0 saturated carbocycles. The Morgan fingerprint density at radius 1 is 1.88 bits per heavy atom. The summed E-state index contributed by atoms with van der Waals surface area (Å²) in [5.74, 6) is 0. The van der Waals surface area contributed by atoms with Crippen molar-refractivity contribution in [2.75, 3.05) is 6.54 Å². The Kier molecular flexibility index (Phi) is 3.94. The molecule has 0 saturated heterocycles. The van der Waals surface area contributed by atoms with Gasteiger partial charge >= 0.3 is 0 Å². The van der Waals surface area contributed by atoms with Gasteiger partial charge in [0.15, 0.2) is 6.19 Å². The van der Waals surface area contributed by atoms with Gasteiger partial charge in [0.2, 0.25) is 0 Å².